The Bertz CT molecular complexity index is 853. The second-order valence-electron chi connectivity index (χ2n) is 6.86. The van der Waals surface area contributed by atoms with E-state index in [1.807, 2.05) is 31.7 Å². The van der Waals surface area contributed by atoms with E-state index in [2.05, 4.69) is 25.8 Å². The zero-order valence-electron chi connectivity index (χ0n) is 16.2. The molecule has 0 atom stereocenters. The van der Waals surface area contributed by atoms with Crippen LogP contribution in [0.5, 0.6) is 5.75 Å². The van der Waals surface area contributed by atoms with Gasteiger partial charge < -0.3 is 20.1 Å². The molecule has 8 nitrogen and oxygen atoms in total. The number of anilines is 3. The number of hydrogen-bond acceptors (Lipinski definition) is 8. The monoisotopic (exact) mass is 388 g/mol. The number of aromatic hydroxyl groups is 1. The zero-order chi connectivity index (χ0) is 20.1. The van der Waals surface area contributed by atoms with E-state index in [0.717, 1.165) is 17.4 Å². The van der Waals surface area contributed by atoms with Crippen molar-refractivity contribution in [3.05, 3.63) is 35.3 Å². The second kappa shape index (κ2) is 8.83. The van der Waals surface area contributed by atoms with E-state index >= 15 is 0 Å². The Morgan fingerprint density at radius 3 is 2.79 bits per heavy atom. The standard InChI is InChI=1S/C19H25FN6O2/c1-12(2)23-15-8-13(3)17(27)14(9-15)10-22-25-19-21-11-16(20)18(24-19)26-4-6-28-7-5-26/h8-12,23,27H,4-7H2,1-3H3,(H,21,24,25)/b22-10+. The molecule has 0 radical (unpaired) electrons. The first-order valence-corrected chi connectivity index (χ1v) is 9.18. The van der Waals surface area contributed by atoms with Crippen molar-refractivity contribution in [2.75, 3.05) is 41.9 Å². The number of aryl methyl sites for hydroxylation is 1. The fourth-order valence-electron chi connectivity index (χ4n) is 2.89. The van der Waals surface area contributed by atoms with Crippen LogP contribution < -0.4 is 15.6 Å². The molecular weight excluding hydrogens is 363 g/mol. The van der Waals surface area contributed by atoms with Crippen molar-refractivity contribution in [1.29, 1.82) is 0 Å². The van der Waals surface area contributed by atoms with Crippen molar-refractivity contribution in [3.8, 4) is 5.75 Å². The lowest BCUT2D eigenvalue weighted by atomic mass is 10.1. The fraction of sp³-hybridized carbons (Fsp3) is 0.421. The van der Waals surface area contributed by atoms with Crippen LogP contribution in [0.3, 0.4) is 0 Å². The predicted octanol–water partition coefficient (Wildman–Crippen LogP) is 2.73. The molecular formula is C19H25FN6O2. The molecule has 0 aliphatic carbocycles. The van der Waals surface area contributed by atoms with Gasteiger partial charge in [-0.3, -0.25) is 0 Å². The van der Waals surface area contributed by atoms with E-state index in [0.29, 0.717) is 31.9 Å². The fourth-order valence-corrected chi connectivity index (χ4v) is 2.89. The average Bonchev–Trinajstić information content (AvgIpc) is 2.67. The summed E-state index contributed by atoms with van der Waals surface area (Å²) < 4.78 is 19.4. The van der Waals surface area contributed by atoms with Crippen LogP contribution in [-0.4, -0.2) is 53.6 Å². The lowest BCUT2D eigenvalue weighted by Crippen LogP contribution is -2.37. The molecule has 2 aromatic rings. The van der Waals surface area contributed by atoms with Gasteiger partial charge in [-0.05, 0) is 38.5 Å². The first kappa shape index (κ1) is 19.8. The molecule has 0 amide bonds. The third kappa shape index (κ3) is 4.86. The molecule has 1 aromatic heterocycles. The predicted molar refractivity (Wildman–Crippen MR) is 108 cm³/mol. The molecule has 2 heterocycles. The Balaban J connectivity index is 1.75. The number of hydrogen-bond donors (Lipinski definition) is 3. The molecule has 1 fully saturated rings. The van der Waals surface area contributed by atoms with Crippen LogP contribution in [-0.2, 0) is 4.74 Å². The summed E-state index contributed by atoms with van der Waals surface area (Å²) in [5.74, 6) is 0.0516. The van der Waals surface area contributed by atoms with Crippen LogP contribution in [0.4, 0.5) is 21.8 Å². The molecule has 150 valence electrons. The average molecular weight is 388 g/mol. The molecule has 1 aromatic carbocycles. The Morgan fingerprint density at radius 2 is 2.07 bits per heavy atom. The molecule has 9 heteroatoms. The minimum Gasteiger partial charge on any atom is -0.507 e. The highest BCUT2D eigenvalue weighted by atomic mass is 19.1. The first-order chi connectivity index (χ1) is 13.4. The second-order valence-corrected chi connectivity index (χ2v) is 6.86. The van der Waals surface area contributed by atoms with Gasteiger partial charge in [0.2, 0.25) is 5.95 Å². The molecule has 0 bridgehead atoms. The number of morpholine rings is 1. The van der Waals surface area contributed by atoms with E-state index in [1.165, 1.54) is 6.21 Å². The number of nitrogens with one attached hydrogen (secondary N) is 2. The van der Waals surface area contributed by atoms with Crippen molar-refractivity contribution in [2.45, 2.75) is 26.8 Å². The highest BCUT2D eigenvalue weighted by Gasteiger charge is 2.17. The summed E-state index contributed by atoms with van der Waals surface area (Å²) in [7, 11) is 0. The van der Waals surface area contributed by atoms with Gasteiger partial charge in [-0.2, -0.15) is 10.1 Å². The number of aromatic nitrogens is 2. The SMILES string of the molecule is Cc1cc(NC(C)C)cc(/C=N/Nc2ncc(F)c(N3CCOCC3)n2)c1O. The highest BCUT2D eigenvalue weighted by molar-refractivity contribution is 5.86. The van der Waals surface area contributed by atoms with Crippen LogP contribution in [0.1, 0.15) is 25.0 Å². The molecule has 3 rings (SSSR count). The summed E-state index contributed by atoms with van der Waals surface area (Å²) in [4.78, 5) is 9.94. The minimum absolute atomic E-state index is 0.147. The largest absolute Gasteiger partial charge is 0.507 e. The Hall–Kier alpha value is -2.94. The van der Waals surface area contributed by atoms with Gasteiger partial charge >= 0.3 is 0 Å². The number of phenolic OH excluding ortho intramolecular Hbond substituents is 1. The van der Waals surface area contributed by atoms with E-state index in [9.17, 15) is 9.50 Å². The van der Waals surface area contributed by atoms with Crippen LogP contribution in [0.2, 0.25) is 0 Å². The molecule has 0 unspecified atom stereocenters. The van der Waals surface area contributed by atoms with Gasteiger partial charge in [0.05, 0.1) is 25.6 Å². The van der Waals surface area contributed by atoms with Crippen LogP contribution in [0.25, 0.3) is 0 Å². The normalized spacial score (nSPS) is 14.7. The van der Waals surface area contributed by atoms with Gasteiger partial charge in [-0.25, -0.2) is 14.8 Å². The molecule has 1 saturated heterocycles. The Labute approximate surface area is 163 Å². The maximum Gasteiger partial charge on any atom is 0.245 e. The van der Waals surface area contributed by atoms with E-state index in [1.54, 1.807) is 6.07 Å². The Morgan fingerprint density at radius 1 is 1.32 bits per heavy atom. The molecule has 0 spiro atoms. The summed E-state index contributed by atoms with van der Waals surface area (Å²) >= 11 is 0. The number of benzene rings is 1. The van der Waals surface area contributed by atoms with Gasteiger partial charge in [0.1, 0.15) is 5.75 Å². The number of nitrogens with zero attached hydrogens (tertiary/aromatic N) is 4. The number of rotatable bonds is 6. The number of hydrazone groups is 1. The van der Waals surface area contributed by atoms with E-state index in [-0.39, 0.29) is 23.6 Å². The number of halogens is 1. The summed E-state index contributed by atoms with van der Waals surface area (Å²) in [5.41, 5.74) is 4.87. The summed E-state index contributed by atoms with van der Waals surface area (Å²) in [6, 6.07) is 3.94. The van der Waals surface area contributed by atoms with Crippen LogP contribution in [0, 0.1) is 12.7 Å². The highest BCUT2D eigenvalue weighted by Crippen LogP contribution is 2.26. The maximum absolute atomic E-state index is 14.1. The quantitative estimate of drug-likeness (QED) is 0.398. The third-order valence-electron chi connectivity index (χ3n) is 4.19. The van der Waals surface area contributed by atoms with Gasteiger partial charge in [0.25, 0.3) is 0 Å². The van der Waals surface area contributed by atoms with Crippen molar-refractivity contribution in [2.24, 2.45) is 5.10 Å². The van der Waals surface area contributed by atoms with E-state index < -0.39 is 5.82 Å². The summed E-state index contributed by atoms with van der Waals surface area (Å²) in [5, 5.41) is 17.7. The number of ether oxygens (including phenoxy) is 1. The van der Waals surface area contributed by atoms with Crippen molar-refractivity contribution in [1.82, 2.24) is 9.97 Å². The molecule has 0 saturated carbocycles. The zero-order valence-corrected chi connectivity index (χ0v) is 16.2. The smallest absolute Gasteiger partial charge is 0.245 e. The third-order valence-corrected chi connectivity index (χ3v) is 4.19. The molecule has 3 N–H and O–H groups in total. The molecule has 1 aliphatic rings. The lowest BCUT2D eigenvalue weighted by Gasteiger charge is -2.27. The Kier molecular flexibility index (Phi) is 6.25. The van der Waals surface area contributed by atoms with Gasteiger partial charge in [-0.15, -0.1) is 0 Å². The first-order valence-electron chi connectivity index (χ1n) is 9.18. The number of phenols is 1. The molecule has 1 aliphatic heterocycles. The van der Waals surface area contributed by atoms with Crippen molar-refractivity contribution in [3.63, 3.8) is 0 Å². The lowest BCUT2D eigenvalue weighted by molar-refractivity contribution is 0.122. The summed E-state index contributed by atoms with van der Waals surface area (Å²) in [6.45, 7) is 8.10. The molecule has 28 heavy (non-hydrogen) atoms. The summed E-state index contributed by atoms with van der Waals surface area (Å²) in [6.07, 6.45) is 2.60. The van der Waals surface area contributed by atoms with Crippen molar-refractivity contribution >= 4 is 23.7 Å². The van der Waals surface area contributed by atoms with Gasteiger partial charge in [0.15, 0.2) is 11.6 Å². The topological polar surface area (TPSA) is 94.9 Å². The van der Waals surface area contributed by atoms with Crippen molar-refractivity contribution < 1.29 is 14.2 Å². The van der Waals surface area contributed by atoms with E-state index in [4.69, 9.17) is 4.74 Å². The van der Waals surface area contributed by atoms with Gasteiger partial charge in [0, 0.05) is 30.4 Å². The minimum atomic E-state index is -0.489. The van der Waals surface area contributed by atoms with Gasteiger partial charge in [-0.1, -0.05) is 0 Å². The maximum atomic E-state index is 14.1. The van der Waals surface area contributed by atoms with Crippen LogP contribution in [0.15, 0.2) is 23.4 Å². The van der Waals surface area contributed by atoms with Crippen LogP contribution >= 0.6 is 0 Å².